The molecule has 4 rings (SSSR count). The molecule has 1 N–H and O–H groups in total. The summed E-state index contributed by atoms with van der Waals surface area (Å²) in [5.41, 5.74) is 2.85. The first-order valence-electron chi connectivity index (χ1n) is 9.37. The number of aromatic nitrogens is 1. The van der Waals surface area contributed by atoms with Gasteiger partial charge in [-0.1, -0.05) is 25.0 Å². The van der Waals surface area contributed by atoms with E-state index in [1.54, 1.807) is 11.0 Å². The summed E-state index contributed by atoms with van der Waals surface area (Å²) < 4.78 is 27.5. The SMILES string of the molecule is Cc1nc2c(cc1Cc1cccc(F)c1F)C(=O)N([C@H]1CCCC[C@@H]1O)C2. The Bertz CT molecular complexity index is 900. The summed E-state index contributed by atoms with van der Waals surface area (Å²) in [6, 6.07) is 5.67. The Labute approximate surface area is 156 Å². The number of aliphatic hydroxyl groups is 1. The van der Waals surface area contributed by atoms with Gasteiger partial charge in [-0.25, -0.2) is 8.78 Å². The minimum absolute atomic E-state index is 0.135. The summed E-state index contributed by atoms with van der Waals surface area (Å²) in [5.74, 6) is -1.88. The zero-order valence-electron chi connectivity index (χ0n) is 15.2. The topological polar surface area (TPSA) is 53.4 Å². The molecule has 1 fully saturated rings. The maximum atomic E-state index is 14.0. The molecule has 142 valence electrons. The molecule has 1 aromatic carbocycles. The van der Waals surface area contributed by atoms with Crippen LogP contribution in [0.1, 0.15) is 58.6 Å². The quantitative estimate of drug-likeness (QED) is 0.897. The van der Waals surface area contributed by atoms with Crippen molar-refractivity contribution in [3.8, 4) is 0 Å². The zero-order chi connectivity index (χ0) is 19.1. The van der Waals surface area contributed by atoms with Crippen molar-refractivity contribution >= 4 is 5.91 Å². The first-order valence-corrected chi connectivity index (χ1v) is 9.37. The van der Waals surface area contributed by atoms with E-state index in [2.05, 4.69) is 4.98 Å². The van der Waals surface area contributed by atoms with Gasteiger partial charge in [0.05, 0.1) is 29.9 Å². The van der Waals surface area contributed by atoms with E-state index in [1.165, 1.54) is 12.1 Å². The number of halogens is 2. The zero-order valence-corrected chi connectivity index (χ0v) is 15.2. The monoisotopic (exact) mass is 372 g/mol. The Balaban J connectivity index is 1.63. The Morgan fingerprint density at radius 3 is 2.78 bits per heavy atom. The molecule has 1 aliphatic heterocycles. The van der Waals surface area contributed by atoms with Crippen LogP contribution in [-0.4, -0.2) is 33.0 Å². The Morgan fingerprint density at radius 1 is 1.22 bits per heavy atom. The lowest BCUT2D eigenvalue weighted by molar-refractivity contribution is 0.0189. The summed E-state index contributed by atoms with van der Waals surface area (Å²) in [5, 5.41) is 10.3. The summed E-state index contributed by atoms with van der Waals surface area (Å²) in [6.45, 7) is 2.21. The number of carbonyl (C=O) groups excluding carboxylic acids is 1. The van der Waals surface area contributed by atoms with Crippen molar-refractivity contribution in [3.05, 3.63) is 64.0 Å². The summed E-state index contributed by atoms with van der Waals surface area (Å²) in [6.07, 6.45) is 3.16. The molecule has 0 bridgehead atoms. The lowest BCUT2D eigenvalue weighted by atomic mass is 9.91. The van der Waals surface area contributed by atoms with Crippen LogP contribution >= 0.6 is 0 Å². The highest BCUT2D eigenvalue weighted by molar-refractivity contribution is 5.98. The predicted molar refractivity (Wildman–Crippen MR) is 96.3 cm³/mol. The molecule has 1 aromatic heterocycles. The number of hydrogen-bond acceptors (Lipinski definition) is 3. The van der Waals surface area contributed by atoms with Crippen molar-refractivity contribution in [1.82, 2.24) is 9.88 Å². The van der Waals surface area contributed by atoms with Crippen LogP contribution in [0.5, 0.6) is 0 Å². The van der Waals surface area contributed by atoms with Crippen LogP contribution < -0.4 is 0 Å². The molecule has 0 saturated heterocycles. The molecular formula is C21H22F2N2O2. The number of carbonyl (C=O) groups is 1. The number of rotatable bonds is 3. The van der Waals surface area contributed by atoms with Crippen molar-refractivity contribution in [2.75, 3.05) is 0 Å². The van der Waals surface area contributed by atoms with Crippen LogP contribution in [0.3, 0.4) is 0 Å². The van der Waals surface area contributed by atoms with Crippen LogP contribution in [0.15, 0.2) is 24.3 Å². The summed E-state index contributed by atoms with van der Waals surface area (Å²) in [4.78, 5) is 19.2. The number of aliphatic hydroxyl groups excluding tert-OH is 1. The maximum absolute atomic E-state index is 14.0. The van der Waals surface area contributed by atoms with Gasteiger partial charge in [-0.15, -0.1) is 0 Å². The third-order valence-corrected chi connectivity index (χ3v) is 5.71. The van der Waals surface area contributed by atoms with E-state index in [0.717, 1.165) is 25.3 Å². The molecule has 2 heterocycles. The minimum atomic E-state index is -0.882. The highest BCUT2D eigenvalue weighted by Crippen LogP contribution is 2.32. The fourth-order valence-electron chi connectivity index (χ4n) is 4.18. The molecule has 6 heteroatoms. The van der Waals surface area contributed by atoms with Crippen LogP contribution in [0.25, 0.3) is 0 Å². The second-order valence-corrected chi connectivity index (χ2v) is 7.47. The van der Waals surface area contributed by atoms with Crippen LogP contribution in [0.2, 0.25) is 0 Å². The average molecular weight is 372 g/mol. The lowest BCUT2D eigenvalue weighted by Crippen LogP contribution is -2.45. The first-order chi connectivity index (χ1) is 13.0. The lowest BCUT2D eigenvalue weighted by Gasteiger charge is -2.34. The number of fused-ring (bicyclic) bond motifs is 1. The first kappa shape index (κ1) is 18.0. The predicted octanol–water partition coefficient (Wildman–Crippen LogP) is 3.52. The molecular weight excluding hydrogens is 350 g/mol. The van der Waals surface area contributed by atoms with Crippen molar-refractivity contribution in [3.63, 3.8) is 0 Å². The molecule has 1 saturated carbocycles. The van der Waals surface area contributed by atoms with E-state index in [9.17, 15) is 18.7 Å². The highest BCUT2D eigenvalue weighted by atomic mass is 19.2. The molecule has 1 aliphatic carbocycles. The van der Waals surface area contributed by atoms with Gasteiger partial charge in [-0.05, 0) is 43.0 Å². The number of pyridine rings is 1. The van der Waals surface area contributed by atoms with Crippen molar-refractivity contribution in [2.24, 2.45) is 0 Å². The van der Waals surface area contributed by atoms with Crippen LogP contribution in [-0.2, 0) is 13.0 Å². The number of aryl methyl sites for hydroxylation is 1. The standard InChI is InChI=1S/C21H22F2N2O2/c1-12-14(9-13-5-4-6-16(22)20(13)23)10-15-17(24-12)11-25(21(15)27)18-7-2-3-8-19(18)26/h4-6,10,18-19,26H,2-3,7-9,11H2,1H3/t18-,19-/m0/s1. The van der Waals surface area contributed by atoms with E-state index in [4.69, 9.17) is 0 Å². The normalized spacial score (nSPS) is 22.2. The van der Waals surface area contributed by atoms with E-state index in [-0.39, 0.29) is 23.9 Å². The third kappa shape index (κ3) is 3.23. The van der Waals surface area contributed by atoms with Gasteiger partial charge in [0.15, 0.2) is 11.6 Å². The minimum Gasteiger partial charge on any atom is -0.391 e. The van der Waals surface area contributed by atoms with Gasteiger partial charge in [0, 0.05) is 12.1 Å². The smallest absolute Gasteiger partial charge is 0.256 e. The Hall–Kier alpha value is -2.34. The fraction of sp³-hybridized carbons (Fsp3) is 0.429. The number of benzene rings is 1. The van der Waals surface area contributed by atoms with E-state index in [1.807, 2.05) is 6.92 Å². The fourth-order valence-corrected chi connectivity index (χ4v) is 4.18. The summed E-state index contributed by atoms with van der Waals surface area (Å²) >= 11 is 0. The van der Waals surface area contributed by atoms with E-state index < -0.39 is 17.7 Å². The van der Waals surface area contributed by atoms with E-state index in [0.29, 0.717) is 35.5 Å². The molecule has 2 aromatic rings. The van der Waals surface area contributed by atoms with Crippen molar-refractivity contribution in [2.45, 2.75) is 57.7 Å². The van der Waals surface area contributed by atoms with Gasteiger partial charge in [0.2, 0.25) is 0 Å². The average Bonchev–Trinajstić information content (AvgIpc) is 2.95. The second kappa shape index (κ2) is 7.00. The highest BCUT2D eigenvalue weighted by Gasteiger charge is 2.38. The third-order valence-electron chi connectivity index (χ3n) is 5.71. The van der Waals surface area contributed by atoms with Gasteiger partial charge in [0.25, 0.3) is 5.91 Å². The molecule has 27 heavy (non-hydrogen) atoms. The van der Waals surface area contributed by atoms with E-state index >= 15 is 0 Å². The molecule has 0 unspecified atom stereocenters. The van der Waals surface area contributed by atoms with Crippen molar-refractivity contribution < 1.29 is 18.7 Å². The molecule has 2 aliphatic rings. The van der Waals surface area contributed by atoms with Gasteiger partial charge < -0.3 is 10.0 Å². The van der Waals surface area contributed by atoms with Gasteiger partial charge in [-0.3, -0.25) is 9.78 Å². The van der Waals surface area contributed by atoms with Crippen LogP contribution in [0, 0.1) is 18.6 Å². The van der Waals surface area contributed by atoms with Gasteiger partial charge >= 0.3 is 0 Å². The largest absolute Gasteiger partial charge is 0.391 e. The van der Waals surface area contributed by atoms with Crippen LogP contribution in [0.4, 0.5) is 8.78 Å². The van der Waals surface area contributed by atoms with Crippen molar-refractivity contribution in [1.29, 1.82) is 0 Å². The van der Waals surface area contributed by atoms with Gasteiger partial charge in [0.1, 0.15) is 0 Å². The number of amides is 1. The maximum Gasteiger partial charge on any atom is 0.256 e. The summed E-state index contributed by atoms with van der Waals surface area (Å²) in [7, 11) is 0. The second-order valence-electron chi connectivity index (χ2n) is 7.47. The molecule has 1 amide bonds. The molecule has 4 nitrogen and oxygen atoms in total. The van der Waals surface area contributed by atoms with Gasteiger partial charge in [-0.2, -0.15) is 0 Å². The Morgan fingerprint density at radius 2 is 2.00 bits per heavy atom. The Kier molecular flexibility index (Phi) is 4.68. The molecule has 0 radical (unpaired) electrons. The number of hydrogen-bond donors (Lipinski definition) is 1. The molecule has 0 spiro atoms. The number of nitrogens with zero attached hydrogens (tertiary/aromatic N) is 2. The molecule has 2 atom stereocenters.